The minimum absolute atomic E-state index is 0. The second-order valence-corrected chi connectivity index (χ2v) is 3.74. The Morgan fingerprint density at radius 1 is 1.06 bits per heavy atom. The van der Waals surface area contributed by atoms with Crippen molar-refractivity contribution >= 4 is 6.29 Å². The second kappa shape index (κ2) is 36.3. The Labute approximate surface area is 184 Å². The van der Waals surface area contributed by atoms with E-state index in [9.17, 15) is 4.79 Å². The summed E-state index contributed by atoms with van der Waals surface area (Å²) in [6.45, 7) is 14.0. The molecule has 0 heterocycles. The van der Waals surface area contributed by atoms with Crippen LogP contribution in [0, 0.1) is 12.8 Å². The van der Waals surface area contributed by atoms with Gasteiger partial charge in [-0.25, -0.2) is 0 Å². The Morgan fingerprint density at radius 2 is 1.47 bits per heavy atom. The van der Waals surface area contributed by atoms with E-state index in [0.29, 0.717) is 6.42 Å². The fourth-order valence-electron chi connectivity index (χ4n) is 0.394. The molecule has 1 radical (unpaired) electrons. The largest absolute Gasteiger partial charge is 1.00 e. The van der Waals surface area contributed by atoms with E-state index < -0.39 is 0 Å². The number of carbonyl (C=O) groups excluding carboxylic acids is 1. The van der Waals surface area contributed by atoms with Crippen molar-refractivity contribution in [2.24, 2.45) is 0 Å². The van der Waals surface area contributed by atoms with Crippen molar-refractivity contribution in [2.45, 2.75) is 73.1 Å². The summed E-state index contributed by atoms with van der Waals surface area (Å²) in [6, 6.07) is 0. The van der Waals surface area contributed by atoms with Crippen molar-refractivity contribution in [3.63, 3.8) is 0 Å². The standard InChI is InChI=1S/C5H8O.C5H11.C4H10.Rb.Y/c1-5(2)3-4-6;1-3-5-4-2;1-3-4-2;;/h3H2,1-2H3;1,3-5H2,2H3;3-4H2,1-2H3;;/q-2;-1;;+1;. The Bertz CT molecular complexity index is 94.2. The van der Waals surface area contributed by atoms with E-state index in [1.54, 1.807) is 6.29 Å². The van der Waals surface area contributed by atoms with Crippen molar-refractivity contribution in [1.29, 1.82) is 0 Å². The first-order valence-corrected chi connectivity index (χ1v) is 6.03. The molecule has 0 aromatic rings. The summed E-state index contributed by atoms with van der Waals surface area (Å²) in [4.78, 5) is 9.47. The maximum atomic E-state index is 9.47. The van der Waals surface area contributed by atoms with Crippen molar-refractivity contribution < 1.29 is 95.7 Å². The third-order valence-electron chi connectivity index (χ3n) is 1.53. The van der Waals surface area contributed by atoms with E-state index in [4.69, 9.17) is 0 Å². The summed E-state index contributed by atoms with van der Waals surface area (Å²) in [6.07, 6.45) is 8.56. The van der Waals surface area contributed by atoms with Crippen molar-refractivity contribution in [2.75, 3.05) is 0 Å². The molecular weight excluding hydrogens is 359 g/mol. The van der Waals surface area contributed by atoms with Gasteiger partial charge in [-0.15, -0.1) is 0 Å². The second-order valence-electron chi connectivity index (χ2n) is 3.74. The topological polar surface area (TPSA) is 17.1 Å². The molecule has 0 rings (SSSR count). The summed E-state index contributed by atoms with van der Waals surface area (Å²) in [5, 5.41) is 0. The monoisotopic (exact) mass is 387 g/mol. The molecule has 0 aliphatic rings. The molecule has 0 bridgehead atoms. The first kappa shape index (κ1) is 31.8. The van der Waals surface area contributed by atoms with Gasteiger partial charge in [0.2, 0.25) is 0 Å². The van der Waals surface area contributed by atoms with Gasteiger partial charge in [0.1, 0.15) is 0 Å². The van der Waals surface area contributed by atoms with Crippen LogP contribution in [-0.2, 0) is 37.5 Å². The zero-order valence-electron chi connectivity index (χ0n) is 12.9. The first-order valence-electron chi connectivity index (χ1n) is 6.03. The molecule has 3 heteroatoms. The van der Waals surface area contributed by atoms with Gasteiger partial charge in [-0.05, 0) is 0 Å². The Hall–Kier alpha value is 2.58. The van der Waals surface area contributed by atoms with Gasteiger partial charge >= 0.3 is 58.2 Å². The van der Waals surface area contributed by atoms with Crippen LogP contribution in [0.1, 0.15) is 73.1 Å². The van der Waals surface area contributed by atoms with Gasteiger partial charge in [0.15, 0.2) is 0 Å². The van der Waals surface area contributed by atoms with E-state index in [1.165, 1.54) is 25.7 Å². The van der Waals surface area contributed by atoms with Gasteiger partial charge in [0, 0.05) is 32.7 Å². The first-order chi connectivity index (χ1) is 7.10. The van der Waals surface area contributed by atoms with Crippen LogP contribution in [0.3, 0.4) is 0 Å². The van der Waals surface area contributed by atoms with Crippen molar-refractivity contribution in [3.8, 4) is 0 Å². The number of unbranched alkanes of at least 4 members (excludes halogenated alkanes) is 3. The van der Waals surface area contributed by atoms with Crippen LogP contribution < -0.4 is 58.2 Å². The number of hydrogen-bond acceptors (Lipinski definition) is 1. The van der Waals surface area contributed by atoms with E-state index in [0.717, 1.165) is 12.3 Å². The predicted octanol–water partition coefficient (Wildman–Crippen LogP) is 1.92. The predicted molar refractivity (Wildman–Crippen MR) is 70.4 cm³/mol. The minimum Gasteiger partial charge on any atom is -0.544 e. The minimum atomic E-state index is 0. The summed E-state index contributed by atoms with van der Waals surface area (Å²) in [5.74, 6) is 1.12. The maximum absolute atomic E-state index is 9.47. The van der Waals surface area contributed by atoms with E-state index in [1.807, 2.05) is 13.8 Å². The van der Waals surface area contributed by atoms with Gasteiger partial charge in [-0.3, -0.25) is 12.7 Å². The van der Waals surface area contributed by atoms with Crippen LogP contribution in [0.4, 0.5) is 0 Å². The number of hydrogen-bond donors (Lipinski definition) is 0. The third-order valence-corrected chi connectivity index (χ3v) is 1.53. The molecule has 0 saturated carbocycles. The fraction of sp³-hybridized carbons (Fsp3) is 0.786. The molecule has 97 valence electrons. The fourth-order valence-corrected chi connectivity index (χ4v) is 0.394. The van der Waals surface area contributed by atoms with Crippen LogP contribution in [0.2, 0.25) is 0 Å². The molecule has 0 saturated heterocycles. The Balaban J connectivity index is -0.0000000407. The zero-order valence-corrected chi connectivity index (χ0v) is 20.7. The summed E-state index contributed by atoms with van der Waals surface area (Å²) in [5.41, 5.74) is 0. The van der Waals surface area contributed by atoms with Crippen molar-refractivity contribution in [3.05, 3.63) is 12.8 Å². The van der Waals surface area contributed by atoms with Gasteiger partial charge in [-0.2, -0.15) is 20.3 Å². The van der Waals surface area contributed by atoms with E-state index in [-0.39, 0.29) is 90.9 Å². The average Bonchev–Trinajstić information content (AvgIpc) is 2.20. The molecular formula is C14H29ORbY-2. The zero-order chi connectivity index (χ0) is 12.5. The molecule has 0 unspecified atom stereocenters. The molecule has 0 spiro atoms. The third kappa shape index (κ3) is 69.4. The Kier molecular flexibility index (Phi) is 67.9. The van der Waals surface area contributed by atoms with Crippen molar-refractivity contribution in [1.82, 2.24) is 0 Å². The van der Waals surface area contributed by atoms with E-state index in [2.05, 4.69) is 27.7 Å². The molecule has 0 aliphatic heterocycles. The molecule has 0 aromatic heterocycles. The van der Waals surface area contributed by atoms with Gasteiger partial charge in [0.25, 0.3) is 0 Å². The number of rotatable bonds is 5. The molecule has 0 aliphatic carbocycles. The maximum Gasteiger partial charge on any atom is 1.00 e. The van der Waals surface area contributed by atoms with Crippen LogP contribution >= 0.6 is 0 Å². The molecule has 17 heavy (non-hydrogen) atoms. The Morgan fingerprint density at radius 3 is 1.47 bits per heavy atom. The van der Waals surface area contributed by atoms with Crippen LogP contribution in [0.15, 0.2) is 0 Å². The SMILES string of the molecule is CCCC.C[C-](C)C[C-]=O.[CH2-]CCCC.[Rb+].[Y]. The normalized spacial score (nSPS) is 7.47. The summed E-state index contributed by atoms with van der Waals surface area (Å²) >= 11 is 0. The molecule has 0 N–H and O–H groups in total. The molecule has 0 atom stereocenters. The molecule has 0 amide bonds. The molecule has 0 fully saturated rings. The van der Waals surface area contributed by atoms with Crippen LogP contribution in [0.25, 0.3) is 0 Å². The van der Waals surface area contributed by atoms with Crippen LogP contribution in [0.5, 0.6) is 0 Å². The van der Waals surface area contributed by atoms with Gasteiger partial charge in [0.05, 0.1) is 0 Å². The quantitative estimate of drug-likeness (QED) is 0.659. The van der Waals surface area contributed by atoms with Crippen LogP contribution in [-0.4, -0.2) is 6.29 Å². The summed E-state index contributed by atoms with van der Waals surface area (Å²) < 4.78 is 0. The smallest absolute Gasteiger partial charge is 0.544 e. The summed E-state index contributed by atoms with van der Waals surface area (Å²) in [7, 11) is 0. The molecule has 0 aromatic carbocycles. The van der Waals surface area contributed by atoms with Gasteiger partial charge in [-0.1, -0.05) is 46.5 Å². The average molecular weight is 388 g/mol. The van der Waals surface area contributed by atoms with E-state index >= 15 is 0 Å². The molecule has 1 nitrogen and oxygen atoms in total. The van der Waals surface area contributed by atoms with Gasteiger partial charge < -0.3 is 17.6 Å².